The number of rotatable bonds is 3. The molecule has 1 aromatic carbocycles. The van der Waals surface area contributed by atoms with Crippen LogP contribution in [0.1, 0.15) is 24.8 Å². The van der Waals surface area contributed by atoms with Crippen LogP contribution in [-0.2, 0) is 6.42 Å². The third kappa shape index (κ3) is 2.40. The Labute approximate surface area is 95.1 Å². The molecule has 16 heavy (non-hydrogen) atoms. The molecule has 2 nitrogen and oxygen atoms in total. The number of nitrogens with zero attached hydrogens (tertiary/aromatic N) is 1. The molecular formula is C13H15FN2. The van der Waals surface area contributed by atoms with E-state index in [0.717, 1.165) is 37.8 Å². The van der Waals surface area contributed by atoms with Crippen LogP contribution in [0.2, 0.25) is 0 Å². The van der Waals surface area contributed by atoms with E-state index in [1.54, 1.807) is 12.1 Å². The molecule has 1 atom stereocenters. The van der Waals surface area contributed by atoms with Gasteiger partial charge < -0.3 is 0 Å². The Morgan fingerprint density at radius 1 is 1.50 bits per heavy atom. The van der Waals surface area contributed by atoms with Gasteiger partial charge in [-0.1, -0.05) is 12.1 Å². The fourth-order valence-corrected chi connectivity index (χ4v) is 2.22. The second-order valence-corrected chi connectivity index (χ2v) is 4.35. The first-order chi connectivity index (χ1) is 7.74. The van der Waals surface area contributed by atoms with Crippen molar-refractivity contribution >= 4 is 0 Å². The van der Waals surface area contributed by atoms with Crippen molar-refractivity contribution in [3.63, 3.8) is 0 Å². The molecular weight excluding hydrogens is 203 g/mol. The molecule has 0 aromatic heterocycles. The number of nitriles is 1. The summed E-state index contributed by atoms with van der Waals surface area (Å²) in [6, 6.07) is 8.96. The SMILES string of the molecule is N#CC1(CCc2cccc(F)c2)CCCN1. The average molecular weight is 218 g/mol. The van der Waals surface area contributed by atoms with Crippen molar-refractivity contribution in [2.45, 2.75) is 31.2 Å². The third-order valence-electron chi connectivity index (χ3n) is 3.19. The van der Waals surface area contributed by atoms with E-state index in [9.17, 15) is 4.39 Å². The summed E-state index contributed by atoms with van der Waals surface area (Å²) < 4.78 is 13.0. The number of hydrogen-bond donors (Lipinski definition) is 1. The molecule has 1 saturated heterocycles. The van der Waals surface area contributed by atoms with Gasteiger partial charge in [0.05, 0.1) is 6.07 Å². The van der Waals surface area contributed by atoms with Gasteiger partial charge in [0.15, 0.2) is 0 Å². The maximum atomic E-state index is 13.0. The van der Waals surface area contributed by atoms with Gasteiger partial charge in [-0.05, 0) is 49.9 Å². The van der Waals surface area contributed by atoms with Gasteiger partial charge in [-0.3, -0.25) is 5.32 Å². The van der Waals surface area contributed by atoms with Gasteiger partial charge in [-0.2, -0.15) is 5.26 Å². The molecule has 0 saturated carbocycles. The summed E-state index contributed by atoms with van der Waals surface area (Å²) in [5.41, 5.74) is 0.579. The van der Waals surface area contributed by atoms with Crippen molar-refractivity contribution in [3.05, 3.63) is 35.6 Å². The van der Waals surface area contributed by atoms with Gasteiger partial charge in [0.2, 0.25) is 0 Å². The lowest BCUT2D eigenvalue weighted by atomic mass is 9.91. The zero-order chi connectivity index (χ0) is 11.4. The predicted molar refractivity (Wildman–Crippen MR) is 60.3 cm³/mol. The highest BCUT2D eigenvalue weighted by Gasteiger charge is 2.32. The molecule has 1 aliphatic rings. The first kappa shape index (κ1) is 11.1. The number of nitrogens with one attached hydrogen (secondary N) is 1. The summed E-state index contributed by atoms with van der Waals surface area (Å²) in [6.07, 6.45) is 3.46. The quantitative estimate of drug-likeness (QED) is 0.845. The molecule has 0 radical (unpaired) electrons. The lowest BCUT2D eigenvalue weighted by molar-refractivity contribution is 0.446. The minimum atomic E-state index is -0.383. The first-order valence-electron chi connectivity index (χ1n) is 5.65. The minimum Gasteiger partial charge on any atom is -0.299 e. The van der Waals surface area contributed by atoms with E-state index in [-0.39, 0.29) is 11.4 Å². The van der Waals surface area contributed by atoms with Crippen molar-refractivity contribution in [1.29, 1.82) is 5.26 Å². The normalized spacial score (nSPS) is 24.2. The van der Waals surface area contributed by atoms with Gasteiger partial charge in [0, 0.05) is 0 Å². The Hall–Kier alpha value is -1.40. The Balaban J connectivity index is 1.99. The van der Waals surface area contributed by atoms with Crippen LogP contribution in [0.3, 0.4) is 0 Å². The lowest BCUT2D eigenvalue weighted by Crippen LogP contribution is -2.38. The van der Waals surface area contributed by atoms with E-state index in [0.29, 0.717) is 0 Å². The van der Waals surface area contributed by atoms with Crippen molar-refractivity contribution in [1.82, 2.24) is 5.32 Å². The van der Waals surface area contributed by atoms with Crippen molar-refractivity contribution in [3.8, 4) is 6.07 Å². The monoisotopic (exact) mass is 218 g/mol. The van der Waals surface area contributed by atoms with Crippen LogP contribution in [0.15, 0.2) is 24.3 Å². The molecule has 3 heteroatoms. The van der Waals surface area contributed by atoms with Crippen LogP contribution in [0.4, 0.5) is 4.39 Å². The number of halogens is 1. The second kappa shape index (κ2) is 4.63. The maximum Gasteiger partial charge on any atom is 0.123 e. The molecule has 1 heterocycles. The van der Waals surface area contributed by atoms with E-state index in [1.807, 2.05) is 6.07 Å². The maximum absolute atomic E-state index is 13.0. The van der Waals surface area contributed by atoms with Gasteiger partial charge in [-0.25, -0.2) is 4.39 Å². The number of hydrogen-bond acceptors (Lipinski definition) is 2. The van der Waals surface area contributed by atoms with Crippen LogP contribution in [0.5, 0.6) is 0 Å². The largest absolute Gasteiger partial charge is 0.299 e. The van der Waals surface area contributed by atoms with Gasteiger partial charge in [-0.15, -0.1) is 0 Å². The van der Waals surface area contributed by atoms with Gasteiger partial charge in [0.1, 0.15) is 11.4 Å². The molecule has 1 unspecified atom stereocenters. The highest BCUT2D eigenvalue weighted by molar-refractivity contribution is 5.19. The molecule has 0 spiro atoms. The highest BCUT2D eigenvalue weighted by Crippen LogP contribution is 2.24. The molecule has 1 aromatic rings. The standard InChI is InChI=1S/C13H15FN2/c14-12-4-1-3-11(9-12)5-7-13(10-15)6-2-8-16-13/h1,3-4,9,16H,2,5-8H2. The zero-order valence-corrected chi connectivity index (χ0v) is 9.17. The van der Waals surface area contributed by atoms with Crippen LogP contribution >= 0.6 is 0 Å². The Bertz CT molecular complexity index is 403. The smallest absolute Gasteiger partial charge is 0.123 e. The molecule has 84 valence electrons. The first-order valence-corrected chi connectivity index (χ1v) is 5.65. The molecule has 1 aliphatic heterocycles. The summed E-state index contributed by atoms with van der Waals surface area (Å²) in [5.74, 6) is -0.206. The fraction of sp³-hybridized carbons (Fsp3) is 0.462. The molecule has 0 amide bonds. The van der Waals surface area contributed by atoms with E-state index in [4.69, 9.17) is 5.26 Å². The molecule has 0 aliphatic carbocycles. The fourth-order valence-electron chi connectivity index (χ4n) is 2.22. The van der Waals surface area contributed by atoms with E-state index >= 15 is 0 Å². The lowest BCUT2D eigenvalue weighted by Gasteiger charge is -2.20. The Morgan fingerprint density at radius 2 is 2.38 bits per heavy atom. The molecule has 2 rings (SSSR count). The Kier molecular flexibility index (Phi) is 3.21. The van der Waals surface area contributed by atoms with Crippen LogP contribution in [0, 0.1) is 17.1 Å². The summed E-state index contributed by atoms with van der Waals surface area (Å²) in [5, 5.41) is 12.4. The summed E-state index contributed by atoms with van der Waals surface area (Å²) >= 11 is 0. The van der Waals surface area contributed by atoms with Crippen LogP contribution in [-0.4, -0.2) is 12.1 Å². The number of aryl methyl sites for hydroxylation is 1. The van der Waals surface area contributed by atoms with Crippen molar-refractivity contribution < 1.29 is 4.39 Å². The molecule has 1 N–H and O–H groups in total. The number of benzene rings is 1. The second-order valence-electron chi connectivity index (χ2n) is 4.35. The zero-order valence-electron chi connectivity index (χ0n) is 9.17. The van der Waals surface area contributed by atoms with Crippen LogP contribution in [0.25, 0.3) is 0 Å². The van der Waals surface area contributed by atoms with Gasteiger partial charge >= 0.3 is 0 Å². The molecule has 0 bridgehead atoms. The van der Waals surface area contributed by atoms with Crippen molar-refractivity contribution in [2.24, 2.45) is 0 Å². The molecule has 1 fully saturated rings. The van der Waals surface area contributed by atoms with Crippen molar-refractivity contribution in [2.75, 3.05) is 6.54 Å². The topological polar surface area (TPSA) is 35.8 Å². The summed E-state index contributed by atoms with van der Waals surface area (Å²) in [4.78, 5) is 0. The third-order valence-corrected chi connectivity index (χ3v) is 3.19. The van der Waals surface area contributed by atoms with E-state index in [2.05, 4.69) is 11.4 Å². The minimum absolute atomic E-state index is 0.206. The highest BCUT2D eigenvalue weighted by atomic mass is 19.1. The van der Waals surface area contributed by atoms with Gasteiger partial charge in [0.25, 0.3) is 0 Å². The summed E-state index contributed by atoms with van der Waals surface area (Å²) in [6.45, 7) is 0.913. The van der Waals surface area contributed by atoms with E-state index in [1.165, 1.54) is 6.07 Å². The Morgan fingerprint density at radius 3 is 3.00 bits per heavy atom. The predicted octanol–water partition coefficient (Wildman–Crippen LogP) is 2.40. The van der Waals surface area contributed by atoms with Crippen LogP contribution < -0.4 is 5.32 Å². The van der Waals surface area contributed by atoms with E-state index < -0.39 is 0 Å². The summed E-state index contributed by atoms with van der Waals surface area (Å²) in [7, 11) is 0. The average Bonchev–Trinajstić information content (AvgIpc) is 2.76.